The van der Waals surface area contributed by atoms with Crippen molar-refractivity contribution in [1.82, 2.24) is 9.97 Å². The number of halogens is 3. The third-order valence-electron chi connectivity index (χ3n) is 2.69. The topological polar surface area (TPSA) is 45.8 Å². The van der Waals surface area contributed by atoms with E-state index < -0.39 is 11.7 Å². The number of aryl methyl sites for hydroxylation is 2. The van der Waals surface area contributed by atoms with Crippen LogP contribution < -0.4 is 5.56 Å². The highest BCUT2D eigenvalue weighted by Gasteiger charge is 2.30. The SMILES string of the molecule is Cc1nc(-c2ccc(C(F)(F)F)cc2C)cc(=O)[nH]1. The molecule has 1 aromatic heterocycles. The summed E-state index contributed by atoms with van der Waals surface area (Å²) in [5.74, 6) is 0.418. The molecule has 1 N–H and O–H groups in total. The van der Waals surface area contributed by atoms with Gasteiger partial charge in [-0.2, -0.15) is 13.2 Å². The van der Waals surface area contributed by atoms with Crippen LogP contribution in [-0.4, -0.2) is 9.97 Å². The molecule has 1 aromatic carbocycles. The molecule has 0 amide bonds. The quantitative estimate of drug-likeness (QED) is 0.863. The fourth-order valence-electron chi connectivity index (χ4n) is 1.84. The minimum absolute atomic E-state index is 0.332. The van der Waals surface area contributed by atoms with Crippen LogP contribution in [0, 0.1) is 13.8 Å². The first-order valence-electron chi connectivity index (χ1n) is 5.53. The average Bonchev–Trinajstić information content (AvgIpc) is 2.26. The van der Waals surface area contributed by atoms with Crippen molar-refractivity contribution in [2.75, 3.05) is 0 Å². The second-order valence-electron chi connectivity index (χ2n) is 4.24. The molecule has 6 heteroatoms. The summed E-state index contributed by atoms with van der Waals surface area (Å²) in [6.45, 7) is 3.17. The van der Waals surface area contributed by atoms with Gasteiger partial charge in [0.25, 0.3) is 5.56 Å². The zero-order valence-corrected chi connectivity index (χ0v) is 10.3. The summed E-state index contributed by atoms with van der Waals surface area (Å²) < 4.78 is 37.7. The van der Waals surface area contributed by atoms with Gasteiger partial charge in [0.2, 0.25) is 0 Å². The van der Waals surface area contributed by atoms with Crippen LogP contribution in [0.1, 0.15) is 17.0 Å². The van der Waals surface area contributed by atoms with Crippen molar-refractivity contribution in [2.24, 2.45) is 0 Å². The molecule has 0 aliphatic carbocycles. The van der Waals surface area contributed by atoms with Gasteiger partial charge in [0.1, 0.15) is 5.82 Å². The van der Waals surface area contributed by atoms with Gasteiger partial charge in [-0.15, -0.1) is 0 Å². The lowest BCUT2D eigenvalue weighted by molar-refractivity contribution is -0.137. The van der Waals surface area contributed by atoms with Gasteiger partial charge >= 0.3 is 6.18 Å². The van der Waals surface area contributed by atoms with Crippen LogP contribution in [0.5, 0.6) is 0 Å². The molecule has 0 aliphatic heterocycles. The number of hydrogen-bond acceptors (Lipinski definition) is 2. The Morgan fingerprint density at radius 3 is 2.37 bits per heavy atom. The van der Waals surface area contributed by atoms with Crippen molar-refractivity contribution in [1.29, 1.82) is 0 Å². The summed E-state index contributed by atoms with van der Waals surface area (Å²) in [7, 11) is 0. The van der Waals surface area contributed by atoms with Crippen molar-refractivity contribution >= 4 is 0 Å². The Hall–Kier alpha value is -2.11. The average molecular weight is 268 g/mol. The summed E-state index contributed by atoms with van der Waals surface area (Å²) in [6, 6.07) is 4.63. The highest BCUT2D eigenvalue weighted by molar-refractivity contribution is 5.63. The van der Waals surface area contributed by atoms with E-state index in [1.54, 1.807) is 13.8 Å². The van der Waals surface area contributed by atoms with E-state index in [1.807, 2.05) is 0 Å². The lowest BCUT2D eigenvalue weighted by Gasteiger charge is -2.10. The van der Waals surface area contributed by atoms with Crippen LogP contribution in [0.3, 0.4) is 0 Å². The predicted octanol–water partition coefficient (Wildman–Crippen LogP) is 3.07. The number of nitrogens with one attached hydrogen (secondary N) is 1. The van der Waals surface area contributed by atoms with Crippen molar-refractivity contribution in [2.45, 2.75) is 20.0 Å². The molecule has 1 heterocycles. The number of nitrogens with zero attached hydrogens (tertiary/aromatic N) is 1. The smallest absolute Gasteiger partial charge is 0.311 e. The van der Waals surface area contributed by atoms with E-state index in [4.69, 9.17) is 0 Å². The minimum Gasteiger partial charge on any atom is -0.311 e. The van der Waals surface area contributed by atoms with Crippen LogP contribution in [0.4, 0.5) is 13.2 Å². The largest absolute Gasteiger partial charge is 0.416 e. The first-order valence-corrected chi connectivity index (χ1v) is 5.53. The van der Waals surface area contributed by atoms with E-state index in [0.717, 1.165) is 12.1 Å². The fourth-order valence-corrected chi connectivity index (χ4v) is 1.84. The Bertz CT molecular complexity index is 674. The third kappa shape index (κ3) is 2.83. The van der Waals surface area contributed by atoms with Gasteiger partial charge in [-0.1, -0.05) is 6.07 Å². The van der Waals surface area contributed by atoms with Crippen molar-refractivity contribution in [3.05, 3.63) is 51.6 Å². The molecule has 0 saturated carbocycles. The van der Waals surface area contributed by atoms with E-state index in [1.165, 1.54) is 12.1 Å². The van der Waals surface area contributed by atoms with Gasteiger partial charge < -0.3 is 4.98 Å². The maximum Gasteiger partial charge on any atom is 0.416 e. The van der Waals surface area contributed by atoms with E-state index in [-0.39, 0.29) is 5.56 Å². The molecular formula is C13H11F3N2O. The molecular weight excluding hydrogens is 257 g/mol. The molecule has 0 radical (unpaired) electrons. The standard InChI is InChI=1S/C13H11F3N2O/c1-7-5-9(13(14,15)16)3-4-10(7)11-6-12(19)18-8(2)17-11/h3-6H,1-2H3,(H,17,18,19). The van der Waals surface area contributed by atoms with Gasteiger partial charge in [0.05, 0.1) is 11.3 Å². The second-order valence-corrected chi connectivity index (χ2v) is 4.24. The molecule has 0 aliphatic rings. The van der Waals surface area contributed by atoms with Crippen LogP contribution in [0.15, 0.2) is 29.1 Å². The summed E-state index contributed by atoms with van der Waals surface area (Å²) in [6.07, 6.45) is -4.37. The Balaban J connectivity index is 2.55. The minimum atomic E-state index is -4.37. The summed E-state index contributed by atoms with van der Waals surface area (Å²) in [4.78, 5) is 18.0. The van der Waals surface area contributed by atoms with Gasteiger partial charge in [-0.05, 0) is 31.5 Å². The molecule has 19 heavy (non-hydrogen) atoms. The first kappa shape index (κ1) is 13.3. The molecule has 0 unspecified atom stereocenters. The number of benzene rings is 1. The molecule has 0 spiro atoms. The molecule has 100 valence electrons. The van der Waals surface area contributed by atoms with E-state index in [2.05, 4.69) is 9.97 Å². The number of H-pyrrole nitrogens is 1. The highest BCUT2D eigenvalue weighted by Crippen LogP contribution is 2.32. The lowest BCUT2D eigenvalue weighted by Crippen LogP contribution is -2.09. The number of aromatic amines is 1. The van der Waals surface area contributed by atoms with Crippen LogP contribution >= 0.6 is 0 Å². The van der Waals surface area contributed by atoms with E-state index in [9.17, 15) is 18.0 Å². The molecule has 3 nitrogen and oxygen atoms in total. The molecule has 2 aromatic rings. The monoisotopic (exact) mass is 268 g/mol. The first-order chi connectivity index (χ1) is 8.77. The van der Waals surface area contributed by atoms with Crippen molar-refractivity contribution in [3.63, 3.8) is 0 Å². The third-order valence-corrected chi connectivity index (χ3v) is 2.69. The molecule has 0 bridgehead atoms. The molecule has 2 rings (SSSR count). The van der Waals surface area contributed by atoms with Gasteiger partial charge in [0, 0.05) is 11.6 Å². The maximum absolute atomic E-state index is 12.6. The predicted molar refractivity (Wildman–Crippen MR) is 64.8 cm³/mol. The Labute approximate surface area is 107 Å². The Kier molecular flexibility index (Phi) is 3.18. The second kappa shape index (κ2) is 4.53. The molecule has 0 fully saturated rings. The number of aromatic nitrogens is 2. The molecule has 0 atom stereocenters. The maximum atomic E-state index is 12.6. The normalized spacial score (nSPS) is 11.6. The van der Waals surface area contributed by atoms with Gasteiger partial charge in [-0.25, -0.2) is 4.98 Å². The van der Waals surface area contributed by atoms with Crippen LogP contribution in [0.25, 0.3) is 11.3 Å². The number of hydrogen-bond donors (Lipinski definition) is 1. The van der Waals surface area contributed by atoms with Crippen LogP contribution in [0.2, 0.25) is 0 Å². The van der Waals surface area contributed by atoms with Crippen molar-refractivity contribution in [3.8, 4) is 11.3 Å². The van der Waals surface area contributed by atoms with Gasteiger partial charge in [0.15, 0.2) is 0 Å². The zero-order chi connectivity index (χ0) is 14.2. The summed E-state index contributed by atoms with van der Waals surface area (Å²) in [5.41, 5.74) is 0.263. The van der Waals surface area contributed by atoms with Gasteiger partial charge in [-0.3, -0.25) is 4.79 Å². The van der Waals surface area contributed by atoms with E-state index in [0.29, 0.717) is 22.6 Å². The summed E-state index contributed by atoms with van der Waals surface area (Å²) in [5, 5.41) is 0. The number of rotatable bonds is 1. The Morgan fingerprint density at radius 1 is 1.16 bits per heavy atom. The van der Waals surface area contributed by atoms with Crippen molar-refractivity contribution < 1.29 is 13.2 Å². The van der Waals surface area contributed by atoms with E-state index >= 15 is 0 Å². The summed E-state index contributed by atoms with van der Waals surface area (Å²) >= 11 is 0. The highest BCUT2D eigenvalue weighted by atomic mass is 19.4. The number of alkyl halides is 3. The van der Waals surface area contributed by atoms with Crippen LogP contribution in [-0.2, 0) is 6.18 Å². The Morgan fingerprint density at radius 2 is 1.84 bits per heavy atom. The zero-order valence-electron chi connectivity index (χ0n) is 10.3. The molecule has 0 saturated heterocycles. The lowest BCUT2D eigenvalue weighted by atomic mass is 10.0. The fraction of sp³-hybridized carbons (Fsp3) is 0.231.